The number of rotatable bonds is 6. The van der Waals surface area contributed by atoms with Crippen LogP contribution in [0.4, 0.5) is 4.39 Å². The van der Waals surface area contributed by atoms with E-state index in [0.717, 1.165) is 52.9 Å². The zero-order valence-corrected chi connectivity index (χ0v) is 14.9. The SMILES string of the molecule is O=C(CNCC1CC1)NC1CCCc2nc(-c3ccc(F)cc3)sc21. The van der Waals surface area contributed by atoms with Gasteiger partial charge in [-0.2, -0.15) is 0 Å². The molecule has 1 saturated carbocycles. The molecule has 6 heteroatoms. The molecule has 0 saturated heterocycles. The molecule has 4 rings (SSSR count). The largest absolute Gasteiger partial charge is 0.347 e. The van der Waals surface area contributed by atoms with Crippen molar-refractivity contribution >= 4 is 17.2 Å². The Kier molecular flexibility index (Phi) is 4.81. The zero-order valence-electron chi connectivity index (χ0n) is 14.1. The van der Waals surface area contributed by atoms with Crippen LogP contribution in [0.25, 0.3) is 10.6 Å². The highest BCUT2D eigenvalue weighted by Crippen LogP contribution is 2.38. The number of amides is 1. The number of carbonyl (C=O) groups excluding carboxylic acids is 1. The Hall–Kier alpha value is -1.79. The standard InChI is InChI=1S/C19H22FN3OS/c20-14-8-6-13(7-9-14)19-23-16-3-1-2-15(18(16)25-19)22-17(24)11-21-10-12-4-5-12/h6-9,12,15,21H,1-5,10-11H2,(H,22,24). The Labute approximate surface area is 150 Å². The van der Waals surface area contributed by atoms with Crippen molar-refractivity contribution in [1.29, 1.82) is 0 Å². The molecule has 1 aromatic heterocycles. The van der Waals surface area contributed by atoms with Crippen LogP contribution in [0.1, 0.15) is 42.3 Å². The van der Waals surface area contributed by atoms with Crippen LogP contribution >= 0.6 is 11.3 Å². The monoisotopic (exact) mass is 359 g/mol. The van der Waals surface area contributed by atoms with Crippen molar-refractivity contribution < 1.29 is 9.18 Å². The molecule has 0 radical (unpaired) electrons. The molecule has 1 amide bonds. The molecule has 4 nitrogen and oxygen atoms in total. The summed E-state index contributed by atoms with van der Waals surface area (Å²) < 4.78 is 13.1. The number of nitrogens with zero attached hydrogens (tertiary/aromatic N) is 1. The van der Waals surface area contributed by atoms with Gasteiger partial charge in [-0.1, -0.05) is 0 Å². The molecule has 25 heavy (non-hydrogen) atoms. The van der Waals surface area contributed by atoms with Crippen LogP contribution in [-0.2, 0) is 11.2 Å². The summed E-state index contributed by atoms with van der Waals surface area (Å²) in [6.07, 6.45) is 5.49. The van der Waals surface area contributed by atoms with Crippen LogP contribution in [0.5, 0.6) is 0 Å². The third-order valence-corrected chi connectivity index (χ3v) is 6.05. The number of thiazole rings is 1. The van der Waals surface area contributed by atoms with Crippen molar-refractivity contribution in [2.24, 2.45) is 5.92 Å². The molecule has 1 atom stereocenters. The van der Waals surface area contributed by atoms with Crippen molar-refractivity contribution in [3.8, 4) is 10.6 Å². The topological polar surface area (TPSA) is 54.0 Å². The first-order valence-electron chi connectivity index (χ1n) is 8.94. The van der Waals surface area contributed by atoms with Gasteiger partial charge in [0.25, 0.3) is 0 Å². The molecule has 2 aliphatic carbocycles. The van der Waals surface area contributed by atoms with Crippen molar-refractivity contribution in [3.63, 3.8) is 0 Å². The average molecular weight is 359 g/mol. The highest BCUT2D eigenvalue weighted by Gasteiger charge is 2.26. The number of aromatic nitrogens is 1. The molecule has 2 aromatic rings. The fourth-order valence-electron chi connectivity index (χ4n) is 3.23. The normalized spacial score (nSPS) is 19.5. The maximum Gasteiger partial charge on any atom is 0.234 e. The van der Waals surface area contributed by atoms with E-state index in [9.17, 15) is 9.18 Å². The maximum absolute atomic E-state index is 13.1. The van der Waals surface area contributed by atoms with E-state index in [0.29, 0.717) is 6.54 Å². The fourth-order valence-corrected chi connectivity index (χ4v) is 4.43. The van der Waals surface area contributed by atoms with Crippen molar-refractivity contribution in [3.05, 3.63) is 40.7 Å². The molecule has 1 unspecified atom stereocenters. The van der Waals surface area contributed by atoms with Gasteiger partial charge in [-0.05, 0) is 68.8 Å². The van der Waals surface area contributed by atoms with E-state index in [4.69, 9.17) is 4.98 Å². The van der Waals surface area contributed by atoms with Crippen molar-refractivity contribution in [2.45, 2.75) is 38.1 Å². The molecule has 132 valence electrons. The minimum Gasteiger partial charge on any atom is -0.347 e. The fraction of sp³-hybridized carbons (Fsp3) is 0.474. The van der Waals surface area contributed by atoms with E-state index in [-0.39, 0.29) is 17.8 Å². The van der Waals surface area contributed by atoms with Gasteiger partial charge in [-0.15, -0.1) is 11.3 Å². The lowest BCUT2D eigenvalue weighted by Crippen LogP contribution is -2.37. The van der Waals surface area contributed by atoms with Gasteiger partial charge in [0, 0.05) is 5.56 Å². The minimum atomic E-state index is -0.242. The van der Waals surface area contributed by atoms with Gasteiger partial charge in [-0.3, -0.25) is 4.79 Å². The predicted octanol–water partition coefficient (Wildman–Crippen LogP) is 3.44. The number of fused-ring (bicyclic) bond motifs is 1. The number of halogens is 1. The Bertz CT molecular complexity index is 755. The summed E-state index contributed by atoms with van der Waals surface area (Å²) in [6.45, 7) is 1.32. The van der Waals surface area contributed by atoms with E-state index in [1.807, 2.05) is 0 Å². The first-order chi connectivity index (χ1) is 12.2. The van der Waals surface area contributed by atoms with Crippen LogP contribution in [-0.4, -0.2) is 24.0 Å². The third kappa shape index (κ3) is 4.07. The molecule has 2 N–H and O–H groups in total. The van der Waals surface area contributed by atoms with Crippen molar-refractivity contribution in [2.75, 3.05) is 13.1 Å². The number of hydrogen-bond acceptors (Lipinski definition) is 4. The Morgan fingerprint density at radius 2 is 2.04 bits per heavy atom. The van der Waals surface area contributed by atoms with Crippen LogP contribution in [0.2, 0.25) is 0 Å². The summed E-state index contributed by atoms with van der Waals surface area (Å²) in [6, 6.07) is 6.48. The molecule has 1 heterocycles. The molecule has 2 aliphatic rings. The molecular weight excluding hydrogens is 337 g/mol. The van der Waals surface area contributed by atoms with Crippen LogP contribution in [0.15, 0.2) is 24.3 Å². The second-order valence-corrected chi connectivity index (χ2v) is 7.95. The molecule has 0 aliphatic heterocycles. The summed E-state index contributed by atoms with van der Waals surface area (Å²) in [5.74, 6) is 0.581. The summed E-state index contributed by atoms with van der Waals surface area (Å²) in [7, 11) is 0. The minimum absolute atomic E-state index is 0.0469. The van der Waals surface area contributed by atoms with Gasteiger partial charge in [0.15, 0.2) is 0 Å². The van der Waals surface area contributed by atoms with E-state index in [1.165, 1.54) is 25.0 Å². The van der Waals surface area contributed by atoms with Gasteiger partial charge >= 0.3 is 0 Å². The second-order valence-electron chi connectivity index (χ2n) is 6.92. The summed E-state index contributed by atoms with van der Waals surface area (Å²) in [5.41, 5.74) is 2.00. The summed E-state index contributed by atoms with van der Waals surface area (Å²) in [4.78, 5) is 18.1. The molecule has 1 aromatic carbocycles. The van der Waals surface area contributed by atoms with Crippen LogP contribution in [0, 0.1) is 11.7 Å². The van der Waals surface area contributed by atoms with Gasteiger partial charge in [0.2, 0.25) is 5.91 Å². The lowest BCUT2D eigenvalue weighted by Gasteiger charge is -2.22. The Balaban J connectivity index is 1.43. The van der Waals surface area contributed by atoms with E-state index < -0.39 is 0 Å². The van der Waals surface area contributed by atoms with Crippen LogP contribution < -0.4 is 10.6 Å². The van der Waals surface area contributed by atoms with Gasteiger partial charge in [0.05, 0.1) is 23.2 Å². The van der Waals surface area contributed by atoms with E-state index in [1.54, 1.807) is 23.5 Å². The number of benzene rings is 1. The van der Waals surface area contributed by atoms with Gasteiger partial charge < -0.3 is 10.6 Å². The molecule has 0 bridgehead atoms. The van der Waals surface area contributed by atoms with Crippen LogP contribution in [0.3, 0.4) is 0 Å². The Morgan fingerprint density at radius 1 is 1.24 bits per heavy atom. The number of aryl methyl sites for hydroxylation is 1. The zero-order chi connectivity index (χ0) is 17.2. The lowest BCUT2D eigenvalue weighted by molar-refractivity contribution is -0.121. The first kappa shape index (κ1) is 16.7. The second kappa shape index (κ2) is 7.22. The number of hydrogen-bond donors (Lipinski definition) is 2. The van der Waals surface area contributed by atoms with Gasteiger partial charge in [0.1, 0.15) is 10.8 Å². The number of nitrogens with one attached hydrogen (secondary N) is 2. The van der Waals surface area contributed by atoms with E-state index >= 15 is 0 Å². The van der Waals surface area contributed by atoms with Gasteiger partial charge in [-0.25, -0.2) is 9.37 Å². The highest BCUT2D eigenvalue weighted by molar-refractivity contribution is 7.15. The average Bonchev–Trinajstić information content (AvgIpc) is 3.32. The molecule has 1 fully saturated rings. The van der Waals surface area contributed by atoms with E-state index in [2.05, 4.69) is 10.6 Å². The predicted molar refractivity (Wildman–Crippen MR) is 96.9 cm³/mol. The molecular formula is C19H22FN3OS. The maximum atomic E-state index is 13.1. The lowest BCUT2D eigenvalue weighted by atomic mass is 9.98. The molecule has 0 spiro atoms. The van der Waals surface area contributed by atoms with Crippen molar-refractivity contribution in [1.82, 2.24) is 15.6 Å². The number of carbonyl (C=O) groups is 1. The quantitative estimate of drug-likeness (QED) is 0.831. The first-order valence-corrected chi connectivity index (χ1v) is 9.76. The smallest absolute Gasteiger partial charge is 0.234 e. The Morgan fingerprint density at radius 3 is 2.80 bits per heavy atom. The summed E-state index contributed by atoms with van der Waals surface area (Å²) in [5, 5.41) is 7.29. The highest BCUT2D eigenvalue weighted by atomic mass is 32.1. The summed E-state index contributed by atoms with van der Waals surface area (Å²) >= 11 is 1.61. The third-order valence-electron chi connectivity index (χ3n) is 4.79.